The quantitative estimate of drug-likeness (QED) is 0.723. The monoisotopic (exact) mass is 215 g/mol. The topological polar surface area (TPSA) is 39.9 Å². The van der Waals surface area contributed by atoms with Gasteiger partial charge in [0.2, 0.25) is 0 Å². The Morgan fingerprint density at radius 2 is 2.25 bits per heavy atom. The zero-order valence-corrected chi connectivity index (χ0v) is 9.85. The zero-order chi connectivity index (χ0) is 11.5. The summed E-state index contributed by atoms with van der Waals surface area (Å²) < 4.78 is 0. The normalized spacial score (nSPS) is 25.2. The maximum absolute atomic E-state index is 8.73. The molecule has 2 atom stereocenters. The molecule has 0 N–H and O–H groups in total. The van der Waals surface area contributed by atoms with Crippen LogP contribution in [0.4, 0.5) is 5.82 Å². The average Bonchev–Trinajstić information content (AvgIpc) is 2.33. The van der Waals surface area contributed by atoms with Crippen LogP contribution < -0.4 is 4.90 Å². The zero-order valence-electron chi connectivity index (χ0n) is 9.85. The molecule has 0 aromatic carbocycles. The molecule has 1 aliphatic heterocycles. The van der Waals surface area contributed by atoms with E-state index in [1.54, 1.807) is 6.20 Å². The third-order valence-electron chi connectivity index (χ3n) is 3.54. The Labute approximate surface area is 96.7 Å². The van der Waals surface area contributed by atoms with E-state index in [-0.39, 0.29) is 0 Å². The highest BCUT2D eigenvalue weighted by molar-refractivity contribution is 5.43. The molecule has 0 spiro atoms. The van der Waals surface area contributed by atoms with E-state index in [1.165, 1.54) is 12.8 Å². The summed E-state index contributed by atoms with van der Waals surface area (Å²) in [6.07, 6.45) is 4.18. The van der Waals surface area contributed by atoms with Crippen LogP contribution in [0.2, 0.25) is 0 Å². The molecule has 3 heteroatoms. The first-order chi connectivity index (χ1) is 7.72. The van der Waals surface area contributed by atoms with E-state index in [0.29, 0.717) is 17.5 Å². The number of hydrogen-bond donors (Lipinski definition) is 0. The highest BCUT2D eigenvalue weighted by Crippen LogP contribution is 2.26. The van der Waals surface area contributed by atoms with Gasteiger partial charge in [0, 0.05) is 18.8 Å². The third-order valence-corrected chi connectivity index (χ3v) is 3.54. The predicted molar refractivity (Wildman–Crippen MR) is 64.2 cm³/mol. The molecule has 1 saturated heterocycles. The van der Waals surface area contributed by atoms with Crippen molar-refractivity contribution >= 4 is 5.82 Å². The molecule has 1 aliphatic rings. The van der Waals surface area contributed by atoms with E-state index in [0.717, 1.165) is 12.4 Å². The van der Waals surface area contributed by atoms with Gasteiger partial charge in [0.15, 0.2) is 0 Å². The fraction of sp³-hybridized carbons (Fsp3) is 0.538. The molecule has 1 aromatic rings. The second-order valence-electron chi connectivity index (χ2n) is 4.57. The molecule has 1 fully saturated rings. The van der Waals surface area contributed by atoms with Gasteiger partial charge in [0.05, 0.1) is 5.56 Å². The van der Waals surface area contributed by atoms with Gasteiger partial charge in [-0.25, -0.2) is 4.98 Å². The van der Waals surface area contributed by atoms with Gasteiger partial charge in [-0.3, -0.25) is 0 Å². The van der Waals surface area contributed by atoms with E-state index in [1.807, 2.05) is 12.1 Å². The van der Waals surface area contributed by atoms with Gasteiger partial charge in [0.25, 0.3) is 0 Å². The van der Waals surface area contributed by atoms with E-state index in [2.05, 4.69) is 29.8 Å². The van der Waals surface area contributed by atoms with Gasteiger partial charge in [0.1, 0.15) is 11.9 Å². The maximum Gasteiger partial charge on any atom is 0.128 e. The Hall–Kier alpha value is -1.56. The number of anilines is 1. The Morgan fingerprint density at radius 3 is 2.88 bits per heavy atom. The molecule has 0 saturated carbocycles. The van der Waals surface area contributed by atoms with Crippen LogP contribution in [-0.2, 0) is 0 Å². The van der Waals surface area contributed by atoms with Crippen molar-refractivity contribution in [2.24, 2.45) is 5.92 Å². The summed E-state index contributed by atoms with van der Waals surface area (Å²) in [4.78, 5) is 6.70. The Kier molecular flexibility index (Phi) is 3.09. The summed E-state index contributed by atoms with van der Waals surface area (Å²) in [5, 5.41) is 8.73. The minimum absolute atomic E-state index is 0.536. The number of rotatable bonds is 1. The van der Waals surface area contributed by atoms with Crippen molar-refractivity contribution in [2.75, 3.05) is 11.4 Å². The Balaban J connectivity index is 2.19. The van der Waals surface area contributed by atoms with E-state index in [4.69, 9.17) is 5.26 Å². The van der Waals surface area contributed by atoms with Gasteiger partial charge >= 0.3 is 0 Å². The van der Waals surface area contributed by atoms with Crippen molar-refractivity contribution in [1.29, 1.82) is 5.26 Å². The molecule has 84 valence electrons. The molecule has 0 aliphatic carbocycles. The van der Waals surface area contributed by atoms with Crippen molar-refractivity contribution in [1.82, 2.24) is 4.98 Å². The fourth-order valence-electron chi connectivity index (χ4n) is 2.28. The predicted octanol–water partition coefficient (Wildman–Crippen LogP) is 2.58. The molecular weight excluding hydrogens is 198 g/mol. The van der Waals surface area contributed by atoms with Gasteiger partial charge in [-0.1, -0.05) is 6.92 Å². The van der Waals surface area contributed by atoms with E-state index >= 15 is 0 Å². The number of piperidine rings is 1. The van der Waals surface area contributed by atoms with Crippen LogP contribution in [0.3, 0.4) is 0 Å². The number of pyridine rings is 1. The fourth-order valence-corrected chi connectivity index (χ4v) is 2.28. The second kappa shape index (κ2) is 4.52. The van der Waals surface area contributed by atoms with Crippen molar-refractivity contribution in [3.8, 4) is 6.07 Å². The van der Waals surface area contributed by atoms with Crippen molar-refractivity contribution < 1.29 is 0 Å². The highest BCUT2D eigenvalue weighted by atomic mass is 15.2. The first kappa shape index (κ1) is 10.9. The number of nitrogens with zero attached hydrogens (tertiary/aromatic N) is 3. The summed E-state index contributed by atoms with van der Waals surface area (Å²) in [7, 11) is 0. The summed E-state index contributed by atoms with van der Waals surface area (Å²) in [6.45, 7) is 5.62. The smallest absolute Gasteiger partial charge is 0.128 e. The lowest BCUT2D eigenvalue weighted by atomic mass is 9.92. The molecule has 0 radical (unpaired) electrons. The number of hydrogen-bond acceptors (Lipinski definition) is 3. The van der Waals surface area contributed by atoms with Gasteiger partial charge < -0.3 is 4.90 Å². The van der Waals surface area contributed by atoms with Crippen LogP contribution in [0.25, 0.3) is 0 Å². The first-order valence-corrected chi connectivity index (χ1v) is 5.85. The minimum Gasteiger partial charge on any atom is -0.354 e. The van der Waals surface area contributed by atoms with Crippen LogP contribution in [0.5, 0.6) is 0 Å². The van der Waals surface area contributed by atoms with Crippen LogP contribution in [-0.4, -0.2) is 17.6 Å². The van der Waals surface area contributed by atoms with Gasteiger partial charge in [-0.05, 0) is 37.8 Å². The standard InChI is InChI=1S/C13H17N3/c1-10-4-3-7-16(11(10)2)13-6-5-12(8-14)9-15-13/h5-6,9-11H,3-4,7H2,1-2H3. The second-order valence-corrected chi connectivity index (χ2v) is 4.57. The molecule has 2 rings (SSSR count). The molecule has 1 aromatic heterocycles. The van der Waals surface area contributed by atoms with Gasteiger partial charge in [-0.15, -0.1) is 0 Å². The summed E-state index contributed by atoms with van der Waals surface area (Å²) >= 11 is 0. The highest BCUT2D eigenvalue weighted by Gasteiger charge is 2.25. The first-order valence-electron chi connectivity index (χ1n) is 5.85. The summed E-state index contributed by atoms with van der Waals surface area (Å²) in [6, 6.07) is 6.43. The minimum atomic E-state index is 0.536. The molecular formula is C13H17N3. The summed E-state index contributed by atoms with van der Waals surface area (Å²) in [5.74, 6) is 1.71. The largest absolute Gasteiger partial charge is 0.354 e. The molecule has 16 heavy (non-hydrogen) atoms. The van der Waals surface area contributed by atoms with Gasteiger partial charge in [-0.2, -0.15) is 5.26 Å². The summed E-state index contributed by atoms with van der Waals surface area (Å²) in [5.41, 5.74) is 0.626. The molecule has 2 heterocycles. The maximum atomic E-state index is 8.73. The number of aromatic nitrogens is 1. The average molecular weight is 215 g/mol. The van der Waals surface area contributed by atoms with Crippen molar-refractivity contribution in [2.45, 2.75) is 32.7 Å². The van der Waals surface area contributed by atoms with Crippen molar-refractivity contribution in [3.05, 3.63) is 23.9 Å². The lowest BCUT2D eigenvalue weighted by Crippen LogP contribution is -2.42. The molecule has 3 nitrogen and oxygen atoms in total. The van der Waals surface area contributed by atoms with Crippen LogP contribution >= 0.6 is 0 Å². The van der Waals surface area contributed by atoms with E-state index in [9.17, 15) is 0 Å². The van der Waals surface area contributed by atoms with Crippen LogP contribution in [0, 0.1) is 17.2 Å². The Bertz CT molecular complexity index is 391. The molecule has 0 amide bonds. The van der Waals surface area contributed by atoms with Crippen molar-refractivity contribution in [3.63, 3.8) is 0 Å². The van der Waals surface area contributed by atoms with Crippen LogP contribution in [0.1, 0.15) is 32.3 Å². The lowest BCUT2D eigenvalue weighted by molar-refractivity contribution is 0.361. The third kappa shape index (κ3) is 2.01. The molecule has 0 bridgehead atoms. The van der Waals surface area contributed by atoms with E-state index < -0.39 is 0 Å². The Morgan fingerprint density at radius 1 is 1.44 bits per heavy atom. The SMILES string of the molecule is CC1CCCN(c2ccc(C#N)cn2)C1C. The number of nitriles is 1. The van der Waals surface area contributed by atoms with Crippen LogP contribution in [0.15, 0.2) is 18.3 Å². The lowest BCUT2D eigenvalue weighted by Gasteiger charge is -2.38. The molecule has 2 unspecified atom stereocenters.